The van der Waals surface area contributed by atoms with Crippen molar-refractivity contribution in [2.24, 2.45) is 13.0 Å². The van der Waals surface area contributed by atoms with Crippen molar-refractivity contribution in [3.63, 3.8) is 0 Å². The fraction of sp³-hybridized carbons (Fsp3) is 0.727. The maximum atomic E-state index is 4.34. The molecule has 3 nitrogen and oxygen atoms in total. The standard InChI is InChI=1S/C11H21N3/c1-5-12-8-9(2)6-11-7-10(3)13-14(11)4/h7,9,12H,5-6,8H2,1-4H3. The summed E-state index contributed by atoms with van der Waals surface area (Å²) in [6.45, 7) is 8.58. The SMILES string of the molecule is CCNCC(C)Cc1cc(C)nn1C. The minimum absolute atomic E-state index is 0.671. The molecule has 1 rings (SSSR count). The van der Waals surface area contributed by atoms with E-state index in [-0.39, 0.29) is 0 Å². The summed E-state index contributed by atoms with van der Waals surface area (Å²) in [5, 5.41) is 7.71. The third-order valence-electron chi connectivity index (χ3n) is 2.40. The van der Waals surface area contributed by atoms with E-state index in [1.165, 1.54) is 5.69 Å². The summed E-state index contributed by atoms with van der Waals surface area (Å²) >= 11 is 0. The van der Waals surface area contributed by atoms with Crippen molar-refractivity contribution in [2.45, 2.75) is 27.2 Å². The van der Waals surface area contributed by atoms with E-state index in [0.29, 0.717) is 5.92 Å². The first-order chi connectivity index (χ1) is 6.63. The second-order valence-electron chi connectivity index (χ2n) is 4.02. The molecule has 14 heavy (non-hydrogen) atoms. The van der Waals surface area contributed by atoms with E-state index in [1.54, 1.807) is 0 Å². The van der Waals surface area contributed by atoms with Crippen molar-refractivity contribution in [1.82, 2.24) is 15.1 Å². The Bertz CT molecular complexity index is 278. The zero-order valence-electron chi connectivity index (χ0n) is 9.67. The van der Waals surface area contributed by atoms with E-state index in [1.807, 2.05) is 18.7 Å². The minimum atomic E-state index is 0.671. The number of aryl methyl sites for hydroxylation is 2. The van der Waals surface area contributed by atoms with Gasteiger partial charge in [-0.1, -0.05) is 13.8 Å². The molecule has 0 aliphatic rings. The molecule has 1 heterocycles. The summed E-state index contributed by atoms with van der Waals surface area (Å²) in [5.41, 5.74) is 2.44. The number of hydrogen-bond donors (Lipinski definition) is 1. The number of nitrogens with zero attached hydrogens (tertiary/aromatic N) is 2. The first kappa shape index (κ1) is 11.2. The average Bonchev–Trinajstić information content (AvgIpc) is 2.42. The summed E-state index contributed by atoms with van der Waals surface area (Å²) < 4.78 is 1.98. The van der Waals surface area contributed by atoms with Crippen LogP contribution in [0.15, 0.2) is 6.07 Å². The molecule has 0 aromatic carbocycles. The highest BCUT2D eigenvalue weighted by Crippen LogP contribution is 2.08. The van der Waals surface area contributed by atoms with Crippen LogP contribution in [-0.4, -0.2) is 22.9 Å². The highest BCUT2D eigenvalue weighted by atomic mass is 15.3. The quantitative estimate of drug-likeness (QED) is 0.772. The Kier molecular flexibility index (Phi) is 4.14. The second kappa shape index (κ2) is 5.15. The summed E-state index contributed by atoms with van der Waals surface area (Å²) in [6, 6.07) is 2.17. The van der Waals surface area contributed by atoms with Crippen LogP contribution in [0, 0.1) is 12.8 Å². The Labute approximate surface area is 86.5 Å². The third kappa shape index (κ3) is 3.14. The van der Waals surface area contributed by atoms with E-state index >= 15 is 0 Å². The molecule has 3 heteroatoms. The van der Waals surface area contributed by atoms with E-state index in [9.17, 15) is 0 Å². The van der Waals surface area contributed by atoms with E-state index in [2.05, 4.69) is 30.3 Å². The predicted octanol–water partition coefficient (Wildman–Crippen LogP) is 1.52. The summed E-state index contributed by atoms with van der Waals surface area (Å²) in [7, 11) is 2.02. The molecule has 0 amide bonds. The summed E-state index contributed by atoms with van der Waals surface area (Å²) in [4.78, 5) is 0. The Balaban J connectivity index is 2.47. The minimum Gasteiger partial charge on any atom is -0.317 e. The molecule has 1 N–H and O–H groups in total. The van der Waals surface area contributed by atoms with Crippen LogP contribution in [0.3, 0.4) is 0 Å². The Morgan fingerprint density at radius 2 is 2.29 bits per heavy atom. The highest BCUT2D eigenvalue weighted by Gasteiger charge is 2.07. The van der Waals surface area contributed by atoms with Gasteiger partial charge in [0.1, 0.15) is 0 Å². The molecule has 0 spiro atoms. The first-order valence-corrected chi connectivity index (χ1v) is 5.33. The van der Waals surface area contributed by atoms with Gasteiger partial charge in [0.15, 0.2) is 0 Å². The maximum absolute atomic E-state index is 4.34. The van der Waals surface area contributed by atoms with E-state index in [4.69, 9.17) is 0 Å². The molecule has 1 aromatic heterocycles. The van der Waals surface area contributed by atoms with Gasteiger partial charge in [-0.2, -0.15) is 5.10 Å². The lowest BCUT2D eigenvalue weighted by molar-refractivity contribution is 0.504. The zero-order chi connectivity index (χ0) is 10.6. The lowest BCUT2D eigenvalue weighted by Gasteiger charge is -2.11. The van der Waals surface area contributed by atoms with E-state index < -0.39 is 0 Å². The number of aromatic nitrogens is 2. The van der Waals surface area contributed by atoms with Crippen molar-refractivity contribution in [3.05, 3.63) is 17.5 Å². The fourth-order valence-electron chi connectivity index (χ4n) is 1.68. The van der Waals surface area contributed by atoms with Crippen LogP contribution in [0.2, 0.25) is 0 Å². The normalized spacial score (nSPS) is 13.1. The Morgan fingerprint density at radius 1 is 1.57 bits per heavy atom. The molecule has 0 radical (unpaired) electrons. The molecular formula is C11H21N3. The monoisotopic (exact) mass is 195 g/mol. The van der Waals surface area contributed by atoms with Crippen LogP contribution in [-0.2, 0) is 13.5 Å². The lowest BCUT2D eigenvalue weighted by Crippen LogP contribution is -2.22. The van der Waals surface area contributed by atoms with Gasteiger partial charge in [-0.05, 0) is 38.4 Å². The summed E-state index contributed by atoms with van der Waals surface area (Å²) in [6.07, 6.45) is 1.10. The maximum Gasteiger partial charge on any atom is 0.0596 e. The molecule has 0 saturated carbocycles. The molecule has 1 unspecified atom stereocenters. The van der Waals surface area contributed by atoms with Gasteiger partial charge in [-0.3, -0.25) is 4.68 Å². The highest BCUT2D eigenvalue weighted by molar-refractivity contribution is 5.09. The second-order valence-corrected chi connectivity index (χ2v) is 4.02. The molecule has 1 atom stereocenters. The van der Waals surface area contributed by atoms with Crippen molar-refractivity contribution >= 4 is 0 Å². The zero-order valence-corrected chi connectivity index (χ0v) is 9.67. The van der Waals surface area contributed by atoms with Gasteiger partial charge in [-0.25, -0.2) is 0 Å². The van der Waals surface area contributed by atoms with Crippen molar-refractivity contribution < 1.29 is 0 Å². The fourth-order valence-corrected chi connectivity index (χ4v) is 1.68. The number of rotatable bonds is 5. The van der Waals surface area contributed by atoms with Gasteiger partial charge in [0, 0.05) is 12.7 Å². The first-order valence-electron chi connectivity index (χ1n) is 5.33. The molecule has 0 aliphatic carbocycles. The van der Waals surface area contributed by atoms with Crippen molar-refractivity contribution in [2.75, 3.05) is 13.1 Å². The molecule has 0 saturated heterocycles. The summed E-state index contributed by atoms with van der Waals surface area (Å²) in [5.74, 6) is 0.671. The van der Waals surface area contributed by atoms with Gasteiger partial charge >= 0.3 is 0 Å². The number of nitrogens with one attached hydrogen (secondary N) is 1. The molecule has 1 aromatic rings. The van der Waals surface area contributed by atoms with Crippen LogP contribution >= 0.6 is 0 Å². The molecule has 0 bridgehead atoms. The van der Waals surface area contributed by atoms with Crippen molar-refractivity contribution in [3.8, 4) is 0 Å². The van der Waals surface area contributed by atoms with Crippen LogP contribution in [0.25, 0.3) is 0 Å². The lowest BCUT2D eigenvalue weighted by atomic mass is 10.1. The van der Waals surface area contributed by atoms with Gasteiger partial charge in [0.05, 0.1) is 5.69 Å². The Hall–Kier alpha value is -0.830. The predicted molar refractivity (Wildman–Crippen MR) is 59.4 cm³/mol. The topological polar surface area (TPSA) is 29.9 Å². The van der Waals surface area contributed by atoms with Gasteiger partial charge in [-0.15, -0.1) is 0 Å². The Morgan fingerprint density at radius 3 is 2.79 bits per heavy atom. The van der Waals surface area contributed by atoms with Crippen LogP contribution in [0.5, 0.6) is 0 Å². The molecule has 80 valence electrons. The largest absolute Gasteiger partial charge is 0.317 e. The average molecular weight is 195 g/mol. The molecular weight excluding hydrogens is 174 g/mol. The van der Waals surface area contributed by atoms with Crippen LogP contribution in [0.1, 0.15) is 25.2 Å². The molecule has 0 fully saturated rings. The number of hydrogen-bond acceptors (Lipinski definition) is 2. The van der Waals surface area contributed by atoms with E-state index in [0.717, 1.165) is 25.2 Å². The third-order valence-corrected chi connectivity index (χ3v) is 2.40. The van der Waals surface area contributed by atoms with Gasteiger partial charge < -0.3 is 5.32 Å². The van der Waals surface area contributed by atoms with Gasteiger partial charge in [0.2, 0.25) is 0 Å². The molecule has 0 aliphatic heterocycles. The van der Waals surface area contributed by atoms with Crippen LogP contribution < -0.4 is 5.32 Å². The van der Waals surface area contributed by atoms with Crippen LogP contribution in [0.4, 0.5) is 0 Å². The van der Waals surface area contributed by atoms with Gasteiger partial charge in [0.25, 0.3) is 0 Å². The smallest absolute Gasteiger partial charge is 0.0596 e. The van der Waals surface area contributed by atoms with Crippen molar-refractivity contribution in [1.29, 1.82) is 0 Å².